The number of alkyl halides is 3. The van der Waals surface area contributed by atoms with Gasteiger partial charge in [0.25, 0.3) is 5.91 Å². The highest BCUT2D eigenvalue weighted by Crippen LogP contribution is 2.33. The summed E-state index contributed by atoms with van der Waals surface area (Å²) < 4.78 is 5.94. The zero-order valence-electron chi connectivity index (χ0n) is 21.1. The Kier molecular flexibility index (Phi) is 12.0. The van der Waals surface area contributed by atoms with Crippen LogP contribution in [0.1, 0.15) is 51.0 Å². The number of carbonyl (C=O) groups excluding carboxylic acids is 2. The molecule has 4 rings (SSSR count). The molecule has 7 nitrogen and oxygen atoms in total. The van der Waals surface area contributed by atoms with Crippen molar-refractivity contribution in [2.75, 3.05) is 0 Å². The van der Waals surface area contributed by atoms with Crippen molar-refractivity contribution in [1.82, 2.24) is 4.90 Å². The van der Waals surface area contributed by atoms with Crippen molar-refractivity contribution in [3.05, 3.63) is 100 Å². The maximum Gasteiger partial charge on any atom is 0.303 e. The van der Waals surface area contributed by atoms with Gasteiger partial charge in [-0.3, -0.25) is 14.4 Å². The summed E-state index contributed by atoms with van der Waals surface area (Å²) in [7, 11) is 0. The summed E-state index contributed by atoms with van der Waals surface area (Å²) in [4.78, 5) is 36.8. The van der Waals surface area contributed by atoms with E-state index >= 15 is 0 Å². The Bertz CT molecular complexity index is 1260. The van der Waals surface area contributed by atoms with Gasteiger partial charge in [-0.15, -0.1) is 0 Å². The van der Waals surface area contributed by atoms with Crippen LogP contribution in [0, 0.1) is 0 Å². The molecule has 1 aliphatic rings. The number of nitrogens with zero attached hydrogens (tertiary/aromatic N) is 1. The molecule has 0 spiro atoms. The van der Waals surface area contributed by atoms with Crippen LogP contribution in [-0.2, 0) is 38.7 Å². The number of halogens is 3. The van der Waals surface area contributed by atoms with Crippen LogP contribution in [0.25, 0.3) is 0 Å². The van der Waals surface area contributed by atoms with E-state index in [4.69, 9.17) is 15.6 Å². The Labute approximate surface area is 253 Å². The van der Waals surface area contributed by atoms with Crippen LogP contribution in [0.5, 0.6) is 5.75 Å². The highest BCUT2D eigenvalue weighted by Gasteiger charge is 2.37. The molecule has 0 aromatic heterocycles. The molecule has 10 heteroatoms. The molecule has 0 aliphatic carbocycles. The van der Waals surface area contributed by atoms with Crippen LogP contribution in [0.2, 0.25) is 0 Å². The van der Waals surface area contributed by atoms with E-state index in [1.54, 1.807) is 18.2 Å². The van der Waals surface area contributed by atoms with E-state index in [1.165, 1.54) is 16.0 Å². The lowest BCUT2D eigenvalue weighted by Crippen LogP contribution is -2.45. The van der Waals surface area contributed by atoms with Crippen LogP contribution >= 0.6 is 47.8 Å². The Morgan fingerprint density at radius 1 is 0.872 bits per heavy atom. The fourth-order valence-corrected chi connectivity index (χ4v) is 5.15. The lowest BCUT2D eigenvalue weighted by molar-refractivity contribution is -0.137. The van der Waals surface area contributed by atoms with E-state index in [9.17, 15) is 14.4 Å². The first kappa shape index (κ1) is 30.8. The average molecular weight is 725 g/mol. The number of benzene rings is 3. The third kappa shape index (κ3) is 8.65. The number of primary amides is 1. The summed E-state index contributed by atoms with van der Waals surface area (Å²) in [5.41, 5.74) is 11.4. The van der Waals surface area contributed by atoms with Crippen molar-refractivity contribution in [2.24, 2.45) is 5.73 Å². The molecule has 3 aromatic carbocycles. The lowest BCUT2D eigenvalue weighted by atomic mass is 10.1. The fraction of sp³-hybridized carbons (Fsp3) is 0.276. The topological polar surface area (TPSA) is 110 Å². The number of rotatable bonds is 11. The predicted octanol–water partition coefficient (Wildman–Crippen LogP) is 6.31. The molecular weight excluding hydrogens is 696 g/mol. The van der Waals surface area contributed by atoms with Gasteiger partial charge >= 0.3 is 5.97 Å². The third-order valence-corrected chi connectivity index (χ3v) is 8.13. The molecule has 1 unspecified atom stereocenters. The van der Waals surface area contributed by atoms with Crippen molar-refractivity contribution in [3.63, 3.8) is 0 Å². The van der Waals surface area contributed by atoms with E-state index in [1.807, 2.05) is 24.3 Å². The van der Waals surface area contributed by atoms with Crippen molar-refractivity contribution >= 4 is 65.6 Å². The number of fused-ring (bicyclic) bond motifs is 1. The van der Waals surface area contributed by atoms with Crippen LogP contribution < -0.4 is 10.5 Å². The zero-order chi connectivity index (χ0) is 28.4. The third-order valence-electron chi connectivity index (χ3n) is 6.19. The van der Waals surface area contributed by atoms with Gasteiger partial charge in [0.2, 0.25) is 5.91 Å². The monoisotopic (exact) mass is 722 g/mol. The first-order chi connectivity index (χ1) is 18.8. The van der Waals surface area contributed by atoms with Gasteiger partial charge in [-0.1, -0.05) is 102 Å². The van der Waals surface area contributed by atoms with E-state index in [0.717, 1.165) is 27.1 Å². The zero-order valence-corrected chi connectivity index (χ0v) is 25.9. The minimum absolute atomic E-state index is 0.0273. The molecule has 2 amide bonds. The number of carboxylic acid groups (broad SMARTS) is 1. The highest BCUT2D eigenvalue weighted by molar-refractivity contribution is 9.09. The molecule has 1 aliphatic heterocycles. The van der Waals surface area contributed by atoms with E-state index in [-0.39, 0.29) is 25.3 Å². The average Bonchev–Trinajstić information content (AvgIpc) is 3.28. The summed E-state index contributed by atoms with van der Waals surface area (Å²) in [6.45, 7) is 0.492. The second-order valence-electron chi connectivity index (χ2n) is 8.89. The largest absolute Gasteiger partial charge is 0.489 e. The number of carboxylic acids is 1. The van der Waals surface area contributed by atoms with Gasteiger partial charge in [0.15, 0.2) is 0 Å². The number of hydrogen-bond donors (Lipinski definition) is 2. The van der Waals surface area contributed by atoms with Crippen molar-refractivity contribution in [2.45, 2.75) is 48.0 Å². The van der Waals surface area contributed by atoms with Crippen molar-refractivity contribution in [1.29, 1.82) is 0 Å². The quantitative estimate of drug-likeness (QED) is 0.225. The molecule has 0 bridgehead atoms. The molecule has 0 saturated heterocycles. The first-order valence-corrected chi connectivity index (χ1v) is 15.5. The highest BCUT2D eigenvalue weighted by atomic mass is 79.9. The fourth-order valence-electron chi connectivity index (χ4n) is 4.03. The van der Waals surface area contributed by atoms with E-state index in [2.05, 4.69) is 72.1 Å². The van der Waals surface area contributed by atoms with Crippen LogP contribution in [-0.4, -0.2) is 33.8 Å². The van der Waals surface area contributed by atoms with Crippen LogP contribution in [0.4, 0.5) is 0 Å². The molecule has 0 fully saturated rings. The Balaban J connectivity index is 0.000000353. The number of carbonyl (C=O) groups is 3. The minimum atomic E-state index is -1.05. The minimum Gasteiger partial charge on any atom is -0.489 e. The summed E-state index contributed by atoms with van der Waals surface area (Å²) >= 11 is 10.2. The van der Waals surface area contributed by atoms with Gasteiger partial charge in [0.05, 0.1) is 6.54 Å². The van der Waals surface area contributed by atoms with Gasteiger partial charge in [0.1, 0.15) is 18.4 Å². The van der Waals surface area contributed by atoms with Crippen molar-refractivity contribution < 1.29 is 24.2 Å². The normalized spacial score (nSPS) is 12.8. The van der Waals surface area contributed by atoms with Gasteiger partial charge in [-0.2, -0.15) is 0 Å². The summed E-state index contributed by atoms with van der Waals surface area (Å²) in [6.07, 6.45) is -0.276. The standard InChI is InChI=1S/C21H21BrN2O5.C8H8Br2/c22-10-13-4-6-14(7-5-13)12-29-18-3-1-2-15-16(18)11-24(21(15)28)17(20(23)27)8-9-19(25)26;9-5-7-1-2-8(6-10)4-3-7/h1-7,17H,8-12H2,(H2,23,27)(H,25,26);1-4H,5-6H2. The number of ether oxygens (including phenoxy) is 1. The second-order valence-corrected chi connectivity index (χ2v) is 10.6. The molecule has 1 atom stereocenters. The molecule has 39 heavy (non-hydrogen) atoms. The maximum absolute atomic E-state index is 12.8. The maximum atomic E-state index is 12.8. The Morgan fingerprint density at radius 3 is 1.85 bits per heavy atom. The van der Waals surface area contributed by atoms with Gasteiger partial charge in [0, 0.05) is 33.5 Å². The molecule has 0 radical (unpaired) electrons. The van der Waals surface area contributed by atoms with E-state index < -0.39 is 17.9 Å². The lowest BCUT2D eigenvalue weighted by Gasteiger charge is -2.24. The number of amides is 2. The molecule has 3 N–H and O–H groups in total. The Hall–Kier alpha value is -2.69. The Morgan fingerprint density at radius 2 is 1.38 bits per heavy atom. The molecule has 1 heterocycles. The van der Waals surface area contributed by atoms with Crippen molar-refractivity contribution in [3.8, 4) is 5.75 Å². The van der Waals surface area contributed by atoms with E-state index in [0.29, 0.717) is 23.5 Å². The number of aliphatic carboxylic acids is 1. The van der Waals surface area contributed by atoms with Crippen LogP contribution in [0.15, 0.2) is 66.7 Å². The predicted molar refractivity (Wildman–Crippen MR) is 161 cm³/mol. The second kappa shape index (κ2) is 15.2. The number of hydrogen-bond acceptors (Lipinski definition) is 4. The summed E-state index contributed by atoms with van der Waals surface area (Å²) in [6, 6.07) is 20.7. The molecular formula is C29H29Br3N2O5. The van der Waals surface area contributed by atoms with Gasteiger partial charge in [-0.25, -0.2) is 0 Å². The summed E-state index contributed by atoms with van der Waals surface area (Å²) in [5, 5.41) is 11.6. The summed E-state index contributed by atoms with van der Waals surface area (Å²) in [5.74, 6) is -1.55. The SMILES string of the molecule is BrCc1ccc(CBr)cc1.NC(=O)C(CCC(=O)O)N1Cc2c(OCc3ccc(CBr)cc3)cccc2C1=O. The molecule has 3 aromatic rings. The molecule has 206 valence electrons. The molecule has 0 saturated carbocycles. The van der Waals surface area contributed by atoms with Gasteiger partial charge in [-0.05, 0) is 40.8 Å². The number of nitrogens with two attached hydrogens (primary N) is 1. The van der Waals surface area contributed by atoms with Crippen LogP contribution in [0.3, 0.4) is 0 Å². The first-order valence-electron chi connectivity index (χ1n) is 12.2. The van der Waals surface area contributed by atoms with Gasteiger partial charge < -0.3 is 20.5 Å². The smallest absolute Gasteiger partial charge is 0.303 e.